The van der Waals surface area contributed by atoms with Crippen molar-refractivity contribution in [3.05, 3.63) is 59.4 Å². The number of rotatable bonds is 3. The van der Waals surface area contributed by atoms with E-state index in [1.54, 1.807) is 12.1 Å². The van der Waals surface area contributed by atoms with Crippen molar-refractivity contribution in [2.24, 2.45) is 0 Å². The molecule has 140 valence electrons. The van der Waals surface area contributed by atoms with Crippen LogP contribution in [-0.2, 0) is 11.2 Å². The van der Waals surface area contributed by atoms with Crippen molar-refractivity contribution >= 4 is 5.97 Å². The van der Waals surface area contributed by atoms with E-state index in [0.717, 1.165) is 24.2 Å². The third-order valence-electron chi connectivity index (χ3n) is 5.94. The number of carbonyl (C=O) groups is 1. The molecule has 0 amide bonds. The lowest BCUT2D eigenvalue weighted by Crippen LogP contribution is -2.42. The number of piperidine rings is 1. The van der Waals surface area contributed by atoms with E-state index in [4.69, 9.17) is 9.47 Å². The summed E-state index contributed by atoms with van der Waals surface area (Å²) in [5.74, 6) is 0.148. The first-order valence-electron chi connectivity index (χ1n) is 9.67. The third kappa shape index (κ3) is 3.32. The highest BCUT2D eigenvalue weighted by molar-refractivity contribution is 5.83. The molecule has 2 saturated heterocycles. The predicted octanol–water partition coefficient (Wildman–Crippen LogP) is 3.73. The van der Waals surface area contributed by atoms with Crippen molar-refractivity contribution in [1.29, 1.82) is 0 Å². The van der Waals surface area contributed by atoms with Gasteiger partial charge in [0.05, 0.1) is 5.92 Å². The molecule has 4 nitrogen and oxygen atoms in total. The minimum Gasteiger partial charge on any atom is -0.490 e. The van der Waals surface area contributed by atoms with Gasteiger partial charge in [0.15, 0.2) is 0 Å². The summed E-state index contributed by atoms with van der Waals surface area (Å²) >= 11 is 0. The van der Waals surface area contributed by atoms with Gasteiger partial charge in [0.1, 0.15) is 23.4 Å². The van der Waals surface area contributed by atoms with E-state index in [0.29, 0.717) is 29.8 Å². The van der Waals surface area contributed by atoms with Gasteiger partial charge < -0.3 is 14.8 Å². The number of halogens is 1. The van der Waals surface area contributed by atoms with E-state index in [9.17, 15) is 9.18 Å². The molecule has 2 aromatic carbocycles. The number of hydrogen-bond acceptors (Lipinski definition) is 4. The molecule has 0 saturated carbocycles. The van der Waals surface area contributed by atoms with Crippen LogP contribution in [0.15, 0.2) is 42.5 Å². The van der Waals surface area contributed by atoms with Crippen molar-refractivity contribution in [3.63, 3.8) is 0 Å². The van der Waals surface area contributed by atoms with Gasteiger partial charge in [-0.2, -0.15) is 0 Å². The minimum atomic E-state index is -0.472. The number of hydrogen-bond donors (Lipinski definition) is 1. The summed E-state index contributed by atoms with van der Waals surface area (Å²) in [5, 5.41) is 3.61. The Balaban J connectivity index is 1.33. The number of nitrogens with one attached hydrogen (secondary N) is 1. The van der Waals surface area contributed by atoms with Crippen LogP contribution in [0.4, 0.5) is 4.39 Å². The SMILES string of the molecule is O=C1Oc2cc(OC3CC4CCC(C3)N4)ccc2CC1c1cccc(F)c1. The van der Waals surface area contributed by atoms with Crippen molar-refractivity contribution in [2.45, 2.75) is 56.2 Å². The molecule has 2 aromatic rings. The summed E-state index contributed by atoms with van der Waals surface area (Å²) in [6.45, 7) is 0. The number of ether oxygens (including phenoxy) is 2. The number of benzene rings is 2. The van der Waals surface area contributed by atoms with Gasteiger partial charge in [-0.3, -0.25) is 4.79 Å². The molecule has 1 N–H and O–H groups in total. The third-order valence-corrected chi connectivity index (χ3v) is 5.94. The van der Waals surface area contributed by atoms with E-state index in [2.05, 4.69) is 5.32 Å². The standard InChI is InChI=1S/C22H22FNO3/c23-15-3-1-2-13(8-15)20-9-14-4-7-18(12-21(14)27-22(20)25)26-19-10-16-5-6-17(11-19)24-16/h1-4,7-8,12,16-17,19-20,24H,5-6,9-11H2. The highest BCUT2D eigenvalue weighted by Crippen LogP contribution is 2.37. The lowest BCUT2D eigenvalue weighted by molar-refractivity contribution is -0.137. The van der Waals surface area contributed by atoms with Crippen LogP contribution >= 0.6 is 0 Å². The second kappa shape index (κ2) is 6.64. The summed E-state index contributed by atoms with van der Waals surface area (Å²) in [7, 11) is 0. The molecule has 3 heterocycles. The van der Waals surface area contributed by atoms with Crippen molar-refractivity contribution < 1.29 is 18.7 Å². The normalized spacial score (nSPS) is 29.1. The van der Waals surface area contributed by atoms with E-state index >= 15 is 0 Å². The molecular formula is C22H22FNO3. The minimum absolute atomic E-state index is 0.209. The molecule has 3 aliphatic heterocycles. The van der Waals surface area contributed by atoms with Crippen LogP contribution in [-0.4, -0.2) is 24.2 Å². The summed E-state index contributed by atoms with van der Waals surface area (Å²) in [4.78, 5) is 12.5. The summed E-state index contributed by atoms with van der Waals surface area (Å²) in [6.07, 6.45) is 5.22. The number of esters is 1. The fraction of sp³-hybridized carbons (Fsp3) is 0.409. The Morgan fingerprint density at radius 1 is 1.07 bits per heavy atom. The van der Waals surface area contributed by atoms with E-state index in [1.807, 2.05) is 18.2 Å². The van der Waals surface area contributed by atoms with Crippen molar-refractivity contribution in [2.75, 3.05) is 0 Å². The van der Waals surface area contributed by atoms with Crippen LogP contribution in [0.3, 0.4) is 0 Å². The van der Waals surface area contributed by atoms with Crippen LogP contribution in [0.2, 0.25) is 0 Å². The first-order chi connectivity index (χ1) is 13.1. The van der Waals surface area contributed by atoms with Gasteiger partial charge in [-0.05, 0) is 61.4 Å². The van der Waals surface area contributed by atoms with Crippen LogP contribution in [0.1, 0.15) is 42.7 Å². The van der Waals surface area contributed by atoms with Gasteiger partial charge in [0.2, 0.25) is 0 Å². The molecule has 0 radical (unpaired) electrons. The molecule has 0 spiro atoms. The highest BCUT2D eigenvalue weighted by Gasteiger charge is 2.35. The van der Waals surface area contributed by atoms with Gasteiger partial charge >= 0.3 is 5.97 Å². The van der Waals surface area contributed by atoms with Gasteiger partial charge in [-0.25, -0.2) is 4.39 Å². The van der Waals surface area contributed by atoms with Crippen LogP contribution in [0.25, 0.3) is 0 Å². The first-order valence-corrected chi connectivity index (χ1v) is 9.67. The van der Waals surface area contributed by atoms with Crippen molar-refractivity contribution in [3.8, 4) is 11.5 Å². The average molecular weight is 367 g/mol. The Bertz CT molecular complexity index is 872. The largest absolute Gasteiger partial charge is 0.490 e. The lowest BCUT2D eigenvalue weighted by atomic mass is 9.89. The number of fused-ring (bicyclic) bond motifs is 3. The van der Waals surface area contributed by atoms with Gasteiger partial charge in [0.25, 0.3) is 0 Å². The van der Waals surface area contributed by atoms with E-state index in [-0.39, 0.29) is 17.9 Å². The lowest BCUT2D eigenvalue weighted by Gasteiger charge is -2.30. The van der Waals surface area contributed by atoms with Crippen molar-refractivity contribution in [1.82, 2.24) is 5.32 Å². The maximum atomic E-state index is 13.5. The Hall–Kier alpha value is -2.40. The molecule has 2 fully saturated rings. The molecule has 5 heteroatoms. The highest BCUT2D eigenvalue weighted by atomic mass is 19.1. The molecule has 0 aliphatic carbocycles. The number of carbonyl (C=O) groups excluding carboxylic acids is 1. The average Bonchev–Trinajstić information content (AvgIpc) is 2.99. The smallest absolute Gasteiger partial charge is 0.319 e. The maximum Gasteiger partial charge on any atom is 0.319 e. The molecular weight excluding hydrogens is 345 g/mol. The van der Waals surface area contributed by atoms with E-state index < -0.39 is 5.92 Å². The summed E-state index contributed by atoms with van der Waals surface area (Å²) < 4.78 is 25.3. The quantitative estimate of drug-likeness (QED) is 0.663. The topological polar surface area (TPSA) is 47.6 Å². The first kappa shape index (κ1) is 16.8. The van der Waals surface area contributed by atoms with Gasteiger partial charge in [0, 0.05) is 18.2 Å². The Morgan fingerprint density at radius 3 is 2.67 bits per heavy atom. The van der Waals surface area contributed by atoms with Crippen LogP contribution in [0.5, 0.6) is 11.5 Å². The predicted molar refractivity (Wildman–Crippen MR) is 98.5 cm³/mol. The fourth-order valence-electron chi connectivity index (χ4n) is 4.63. The van der Waals surface area contributed by atoms with E-state index in [1.165, 1.54) is 25.0 Å². The maximum absolute atomic E-state index is 13.5. The molecule has 3 unspecified atom stereocenters. The zero-order chi connectivity index (χ0) is 18.4. The summed E-state index contributed by atoms with van der Waals surface area (Å²) in [5.41, 5.74) is 1.60. The second-order valence-electron chi connectivity index (χ2n) is 7.85. The van der Waals surface area contributed by atoms with Gasteiger partial charge in [-0.15, -0.1) is 0 Å². The van der Waals surface area contributed by atoms with Crippen LogP contribution in [0, 0.1) is 5.82 Å². The molecule has 3 aliphatic rings. The zero-order valence-electron chi connectivity index (χ0n) is 15.0. The molecule has 0 aromatic heterocycles. The van der Waals surface area contributed by atoms with Crippen LogP contribution < -0.4 is 14.8 Å². The Kier molecular flexibility index (Phi) is 4.12. The molecule has 3 atom stereocenters. The summed E-state index contributed by atoms with van der Waals surface area (Å²) in [6, 6.07) is 13.0. The molecule has 2 bridgehead atoms. The molecule has 5 rings (SSSR count). The second-order valence-corrected chi connectivity index (χ2v) is 7.85. The monoisotopic (exact) mass is 367 g/mol. The van der Waals surface area contributed by atoms with Gasteiger partial charge in [-0.1, -0.05) is 18.2 Å². The molecule has 27 heavy (non-hydrogen) atoms. The Morgan fingerprint density at radius 2 is 1.89 bits per heavy atom. The zero-order valence-corrected chi connectivity index (χ0v) is 15.0. The Labute approximate surface area is 157 Å². The fourth-order valence-corrected chi connectivity index (χ4v) is 4.63.